The zero-order valence-electron chi connectivity index (χ0n) is 12.1. The monoisotopic (exact) mass is 281 g/mol. The van der Waals surface area contributed by atoms with Gasteiger partial charge < -0.3 is 10.0 Å². The number of thiophene rings is 1. The molecule has 2 atom stereocenters. The van der Waals surface area contributed by atoms with Crippen molar-refractivity contribution in [3.8, 4) is 0 Å². The largest absolute Gasteiger partial charge is 0.393 e. The number of aliphatic hydroxyl groups excluding tert-OH is 1. The predicted octanol–water partition coefficient (Wildman–Crippen LogP) is 2.89. The van der Waals surface area contributed by atoms with Crippen molar-refractivity contribution < 1.29 is 9.90 Å². The van der Waals surface area contributed by atoms with Crippen LogP contribution in [0.2, 0.25) is 0 Å². The molecule has 0 radical (unpaired) electrons. The molecule has 19 heavy (non-hydrogen) atoms. The van der Waals surface area contributed by atoms with Gasteiger partial charge in [-0.25, -0.2) is 0 Å². The maximum absolute atomic E-state index is 12.4. The third kappa shape index (κ3) is 3.18. The van der Waals surface area contributed by atoms with E-state index in [9.17, 15) is 9.90 Å². The highest BCUT2D eigenvalue weighted by atomic mass is 32.1. The molecule has 0 bridgehead atoms. The molecule has 0 aliphatic carbocycles. The Morgan fingerprint density at radius 1 is 1.47 bits per heavy atom. The second kappa shape index (κ2) is 5.25. The summed E-state index contributed by atoms with van der Waals surface area (Å²) in [5, 5.41) is 9.60. The molecule has 4 heteroatoms. The van der Waals surface area contributed by atoms with Crippen LogP contribution in [0.15, 0.2) is 12.1 Å². The van der Waals surface area contributed by atoms with Gasteiger partial charge in [0.1, 0.15) is 0 Å². The molecule has 1 aliphatic rings. The van der Waals surface area contributed by atoms with Crippen molar-refractivity contribution in [2.75, 3.05) is 13.1 Å². The van der Waals surface area contributed by atoms with Crippen LogP contribution in [-0.4, -0.2) is 35.1 Å². The number of hydrogen-bond acceptors (Lipinski definition) is 3. The van der Waals surface area contributed by atoms with E-state index in [1.54, 1.807) is 11.3 Å². The standard InChI is InChI=1S/C15H23NO2S/c1-10(17)11-7-8-16(9-11)14(18)12-5-6-13(19-12)15(2,3)4/h5-6,10-11,17H,7-9H2,1-4H3. The Morgan fingerprint density at radius 2 is 2.16 bits per heavy atom. The van der Waals surface area contributed by atoms with Gasteiger partial charge in [-0.1, -0.05) is 20.8 Å². The summed E-state index contributed by atoms with van der Waals surface area (Å²) in [4.78, 5) is 16.3. The van der Waals surface area contributed by atoms with Crippen LogP contribution in [0, 0.1) is 5.92 Å². The predicted molar refractivity (Wildman–Crippen MR) is 78.7 cm³/mol. The Kier molecular flexibility index (Phi) is 4.02. The molecular weight excluding hydrogens is 258 g/mol. The van der Waals surface area contributed by atoms with Crippen LogP contribution in [0.5, 0.6) is 0 Å². The number of aliphatic hydroxyl groups is 1. The smallest absolute Gasteiger partial charge is 0.263 e. The van der Waals surface area contributed by atoms with Gasteiger partial charge >= 0.3 is 0 Å². The van der Waals surface area contributed by atoms with E-state index in [2.05, 4.69) is 26.8 Å². The highest BCUT2D eigenvalue weighted by molar-refractivity contribution is 7.14. The third-order valence-corrected chi connectivity index (χ3v) is 5.25. The minimum atomic E-state index is -0.328. The lowest BCUT2D eigenvalue weighted by atomic mass is 9.95. The summed E-state index contributed by atoms with van der Waals surface area (Å²) < 4.78 is 0. The van der Waals surface area contributed by atoms with Crippen molar-refractivity contribution in [2.24, 2.45) is 5.92 Å². The molecule has 0 saturated carbocycles. The summed E-state index contributed by atoms with van der Waals surface area (Å²) in [7, 11) is 0. The van der Waals surface area contributed by atoms with E-state index in [0.29, 0.717) is 6.54 Å². The second-order valence-electron chi connectivity index (χ2n) is 6.45. The van der Waals surface area contributed by atoms with Crippen LogP contribution in [0.1, 0.15) is 48.7 Å². The number of nitrogens with zero attached hydrogens (tertiary/aromatic N) is 1. The zero-order valence-corrected chi connectivity index (χ0v) is 13.0. The number of amides is 1. The normalized spacial score (nSPS) is 21.7. The van der Waals surface area contributed by atoms with Crippen LogP contribution in [0.4, 0.5) is 0 Å². The fourth-order valence-corrected chi connectivity index (χ4v) is 3.41. The molecule has 1 fully saturated rings. The van der Waals surface area contributed by atoms with Gasteiger partial charge in [-0.2, -0.15) is 0 Å². The fraction of sp³-hybridized carbons (Fsp3) is 0.667. The first-order valence-electron chi connectivity index (χ1n) is 6.86. The Hall–Kier alpha value is -0.870. The summed E-state index contributed by atoms with van der Waals surface area (Å²) in [5.41, 5.74) is 0.0936. The quantitative estimate of drug-likeness (QED) is 0.905. The zero-order chi connectivity index (χ0) is 14.2. The first kappa shape index (κ1) is 14.5. The molecule has 2 heterocycles. The van der Waals surface area contributed by atoms with E-state index in [1.807, 2.05) is 17.9 Å². The minimum Gasteiger partial charge on any atom is -0.393 e. The summed E-state index contributed by atoms with van der Waals surface area (Å²) in [6.45, 7) is 9.73. The van der Waals surface area contributed by atoms with E-state index in [1.165, 1.54) is 4.88 Å². The Bertz CT molecular complexity index is 459. The number of rotatable bonds is 2. The summed E-state index contributed by atoms with van der Waals surface area (Å²) >= 11 is 1.59. The summed E-state index contributed by atoms with van der Waals surface area (Å²) in [5.74, 6) is 0.342. The van der Waals surface area contributed by atoms with Gasteiger partial charge in [0.25, 0.3) is 5.91 Å². The van der Waals surface area contributed by atoms with Gasteiger partial charge in [-0.15, -0.1) is 11.3 Å². The van der Waals surface area contributed by atoms with Crippen molar-refractivity contribution in [1.29, 1.82) is 0 Å². The van der Waals surface area contributed by atoms with E-state index >= 15 is 0 Å². The molecule has 1 aromatic heterocycles. The number of likely N-dealkylation sites (tertiary alicyclic amines) is 1. The number of hydrogen-bond donors (Lipinski definition) is 1. The summed E-state index contributed by atoms with van der Waals surface area (Å²) in [6, 6.07) is 3.99. The number of carbonyl (C=O) groups excluding carboxylic acids is 1. The first-order valence-corrected chi connectivity index (χ1v) is 7.68. The average molecular weight is 281 g/mol. The van der Waals surface area contributed by atoms with Crippen molar-refractivity contribution in [1.82, 2.24) is 4.90 Å². The van der Waals surface area contributed by atoms with Crippen molar-refractivity contribution in [3.05, 3.63) is 21.9 Å². The van der Waals surface area contributed by atoms with Gasteiger partial charge in [0, 0.05) is 23.9 Å². The van der Waals surface area contributed by atoms with Crippen LogP contribution >= 0.6 is 11.3 Å². The van der Waals surface area contributed by atoms with Gasteiger partial charge in [0.2, 0.25) is 0 Å². The van der Waals surface area contributed by atoms with Crippen molar-refractivity contribution in [3.63, 3.8) is 0 Å². The minimum absolute atomic E-state index is 0.0936. The second-order valence-corrected chi connectivity index (χ2v) is 7.54. The van der Waals surface area contributed by atoms with Gasteiger partial charge in [-0.3, -0.25) is 4.79 Å². The van der Waals surface area contributed by atoms with Crippen LogP contribution < -0.4 is 0 Å². The van der Waals surface area contributed by atoms with E-state index in [0.717, 1.165) is 17.8 Å². The average Bonchev–Trinajstić information content (AvgIpc) is 2.97. The fourth-order valence-electron chi connectivity index (χ4n) is 2.38. The Labute approximate surface area is 119 Å². The lowest BCUT2D eigenvalue weighted by molar-refractivity contribution is 0.0767. The molecule has 106 valence electrons. The molecule has 1 amide bonds. The molecule has 1 N–H and O–H groups in total. The van der Waals surface area contributed by atoms with E-state index in [-0.39, 0.29) is 23.3 Å². The van der Waals surface area contributed by atoms with Gasteiger partial charge in [0.05, 0.1) is 11.0 Å². The molecule has 2 unspecified atom stereocenters. The molecule has 1 aliphatic heterocycles. The Balaban J connectivity index is 2.07. The Morgan fingerprint density at radius 3 is 2.63 bits per heavy atom. The molecule has 3 nitrogen and oxygen atoms in total. The van der Waals surface area contributed by atoms with Crippen LogP contribution in [0.3, 0.4) is 0 Å². The SMILES string of the molecule is CC(O)C1CCN(C(=O)c2ccc(C(C)(C)C)s2)C1. The van der Waals surface area contributed by atoms with Crippen molar-refractivity contribution >= 4 is 17.2 Å². The van der Waals surface area contributed by atoms with Crippen molar-refractivity contribution in [2.45, 2.75) is 45.6 Å². The lowest BCUT2D eigenvalue weighted by Crippen LogP contribution is -2.29. The molecule has 0 spiro atoms. The third-order valence-electron chi connectivity index (χ3n) is 3.75. The van der Waals surface area contributed by atoms with Gasteiger partial charge in [-0.05, 0) is 30.9 Å². The summed E-state index contributed by atoms with van der Waals surface area (Å²) in [6.07, 6.45) is 0.576. The topological polar surface area (TPSA) is 40.5 Å². The first-order chi connectivity index (χ1) is 8.79. The highest BCUT2D eigenvalue weighted by Gasteiger charge is 2.30. The number of carbonyl (C=O) groups is 1. The van der Waals surface area contributed by atoms with Crippen LogP contribution in [-0.2, 0) is 5.41 Å². The molecule has 1 saturated heterocycles. The lowest BCUT2D eigenvalue weighted by Gasteiger charge is -2.17. The van der Waals surface area contributed by atoms with E-state index in [4.69, 9.17) is 0 Å². The van der Waals surface area contributed by atoms with Gasteiger partial charge in [0.15, 0.2) is 0 Å². The molecule has 0 aromatic carbocycles. The highest BCUT2D eigenvalue weighted by Crippen LogP contribution is 2.31. The molecular formula is C15H23NO2S. The van der Waals surface area contributed by atoms with Crippen LogP contribution in [0.25, 0.3) is 0 Å². The molecule has 1 aromatic rings. The maximum atomic E-state index is 12.4. The molecule has 2 rings (SSSR count). The van der Waals surface area contributed by atoms with E-state index < -0.39 is 0 Å². The maximum Gasteiger partial charge on any atom is 0.263 e.